The first-order valence-corrected chi connectivity index (χ1v) is 6.24. The molecule has 1 unspecified atom stereocenters. The lowest BCUT2D eigenvalue weighted by molar-refractivity contribution is -0.145. The van der Waals surface area contributed by atoms with Crippen molar-refractivity contribution in [2.45, 2.75) is 45.8 Å². The van der Waals surface area contributed by atoms with Crippen LogP contribution in [0.2, 0.25) is 0 Å². The van der Waals surface area contributed by atoms with Gasteiger partial charge in [-0.3, -0.25) is 9.59 Å². The first-order valence-electron chi connectivity index (χ1n) is 6.24. The van der Waals surface area contributed by atoms with E-state index in [1.54, 1.807) is 4.90 Å². The average molecular weight is 242 g/mol. The number of hydrogen-bond donors (Lipinski definition) is 1. The molecule has 1 rings (SSSR count). The third-order valence-corrected chi connectivity index (χ3v) is 2.67. The number of nitrogens with zero attached hydrogens (tertiary/aromatic N) is 1. The van der Waals surface area contributed by atoms with Crippen LogP contribution in [0.1, 0.15) is 33.6 Å². The number of carbonyl (C=O) groups excluding carboxylic acids is 2. The smallest absolute Gasteiger partial charge is 0.245 e. The number of hydrogen-bond acceptors (Lipinski definition) is 3. The minimum absolute atomic E-state index is 0.0128. The van der Waals surface area contributed by atoms with Crippen LogP contribution in [-0.2, 0) is 14.3 Å². The summed E-state index contributed by atoms with van der Waals surface area (Å²) in [5.74, 6) is -0.0635. The van der Waals surface area contributed by atoms with Crippen LogP contribution in [0.5, 0.6) is 0 Å². The predicted molar refractivity (Wildman–Crippen MR) is 64.5 cm³/mol. The Morgan fingerprint density at radius 2 is 2.18 bits per heavy atom. The molecule has 0 spiro atoms. The zero-order chi connectivity index (χ0) is 12.8. The Labute approximate surface area is 102 Å². The van der Waals surface area contributed by atoms with E-state index in [2.05, 4.69) is 5.32 Å². The molecule has 17 heavy (non-hydrogen) atoms. The molecule has 1 aliphatic rings. The van der Waals surface area contributed by atoms with Gasteiger partial charge in [-0.05, 0) is 20.3 Å². The molecule has 1 N–H and O–H groups in total. The fraction of sp³-hybridized carbons (Fsp3) is 0.833. The lowest BCUT2D eigenvalue weighted by Crippen LogP contribution is -2.58. The molecule has 0 aromatic rings. The van der Waals surface area contributed by atoms with Crippen LogP contribution >= 0.6 is 0 Å². The van der Waals surface area contributed by atoms with Crippen molar-refractivity contribution in [2.24, 2.45) is 0 Å². The van der Waals surface area contributed by atoms with E-state index in [1.165, 1.54) is 0 Å². The van der Waals surface area contributed by atoms with Crippen LogP contribution in [0.15, 0.2) is 0 Å². The average Bonchev–Trinajstić information content (AvgIpc) is 2.24. The highest BCUT2D eigenvalue weighted by Gasteiger charge is 2.31. The van der Waals surface area contributed by atoms with Crippen LogP contribution in [0.3, 0.4) is 0 Å². The maximum Gasteiger partial charge on any atom is 0.245 e. The lowest BCUT2D eigenvalue weighted by Gasteiger charge is -2.32. The van der Waals surface area contributed by atoms with Crippen molar-refractivity contribution in [3.63, 3.8) is 0 Å². The number of amides is 2. The summed E-state index contributed by atoms with van der Waals surface area (Å²) in [6, 6.07) is -0.347. The Morgan fingerprint density at radius 3 is 2.76 bits per heavy atom. The van der Waals surface area contributed by atoms with E-state index in [-0.39, 0.29) is 30.5 Å². The van der Waals surface area contributed by atoms with Crippen molar-refractivity contribution >= 4 is 11.8 Å². The summed E-state index contributed by atoms with van der Waals surface area (Å²) in [4.78, 5) is 25.0. The summed E-state index contributed by atoms with van der Waals surface area (Å²) in [6.45, 7) is 7.02. The van der Waals surface area contributed by atoms with Crippen LogP contribution in [0.25, 0.3) is 0 Å². The molecule has 1 atom stereocenters. The van der Waals surface area contributed by atoms with Crippen molar-refractivity contribution in [1.82, 2.24) is 10.2 Å². The Bertz CT molecular complexity index is 279. The number of carbonyl (C=O) groups is 2. The molecule has 1 heterocycles. The van der Waals surface area contributed by atoms with Gasteiger partial charge in [0.15, 0.2) is 0 Å². The van der Waals surface area contributed by atoms with Crippen molar-refractivity contribution in [3.8, 4) is 0 Å². The summed E-state index contributed by atoms with van der Waals surface area (Å²) in [5.41, 5.74) is 0. The highest BCUT2D eigenvalue weighted by atomic mass is 16.5. The maximum absolute atomic E-state index is 12.0. The van der Waals surface area contributed by atoms with Crippen molar-refractivity contribution < 1.29 is 14.3 Å². The standard InChI is InChI=1S/C12H22N2O3/c1-4-5-10-12(16)14(8-11(15)13-10)6-7-17-9(2)3/h9-10H,4-8H2,1-3H3,(H,13,15). The molecule has 0 bridgehead atoms. The van der Waals surface area contributed by atoms with Crippen LogP contribution in [0, 0.1) is 0 Å². The van der Waals surface area contributed by atoms with Crippen LogP contribution in [0.4, 0.5) is 0 Å². The molecule has 0 aromatic carbocycles. The molecule has 1 fully saturated rings. The van der Waals surface area contributed by atoms with E-state index in [4.69, 9.17) is 4.74 Å². The summed E-state index contributed by atoms with van der Waals surface area (Å²) >= 11 is 0. The van der Waals surface area contributed by atoms with E-state index in [9.17, 15) is 9.59 Å². The van der Waals surface area contributed by atoms with Gasteiger partial charge in [0.25, 0.3) is 0 Å². The summed E-state index contributed by atoms with van der Waals surface area (Å²) in [7, 11) is 0. The van der Waals surface area contributed by atoms with Gasteiger partial charge in [0.05, 0.1) is 19.3 Å². The zero-order valence-corrected chi connectivity index (χ0v) is 10.9. The number of rotatable bonds is 6. The third kappa shape index (κ3) is 4.34. The molecule has 2 amide bonds. The maximum atomic E-state index is 12.0. The van der Waals surface area contributed by atoms with Crippen LogP contribution < -0.4 is 5.32 Å². The minimum atomic E-state index is -0.347. The molecule has 5 heteroatoms. The monoisotopic (exact) mass is 242 g/mol. The molecule has 1 saturated heterocycles. The minimum Gasteiger partial charge on any atom is -0.377 e. The molecule has 5 nitrogen and oxygen atoms in total. The fourth-order valence-electron chi connectivity index (χ4n) is 1.85. The zero-order valence-electron chi connectivity index (χ0n) is 10.9. The SMILES string of the molecule is CCCC1NC(=O)CN(CCOC(C)C)C1=O. The topological polar surface area (TPSA) is 58.6 Å². The first kappa shape index (κ1) is 14.0. The second-order valence-electron chi connectivity index (χ2n) is 4.59. The molecule has 0 aromatic heterocycles. The van der Waals surface area contributed by atoms with E-state index >= 15 is 0 Å². The highest BCUT2D eigenvalue weighted by Crippen LogP contribution is 2.07. The van der Waals surface area contributed by atoms with Gasteiger partial charge < -0.3 is 15.0 Å². The van der Waals surface area contributed by atoms with Gasteiger partial charge in [0.1, 0.15) is 6.04 Å². The van der Waals surface area contributed by atoms with Crippen molar-refractivity contribution in [2.75, 3.05) is 19.7 Å². The summed E-state index contributed by atoms with van der Waals surface area (Å²) < 4.78 is 5.40. The normalized spacial score (nSPS) is 20.9. The highest BCUT2D eigenvalue weighted by molar-refractivity contribution is 5.94. The Kier molecular flexibility index (Phi) is 5.41. The Balaban J connectivity index is 2.46. The number of piperazine rings is 1. The molecule has 0 radical (unpaired) electrons. The third-order valence-electron chi connectivity index (χ3n) is 2.67. The molecule has 98 valence electrons. The van der Waals surface area contributed by atoms with Gasteiger partial charge in [0, 0.05) is 6.54 Å². The Morgan fingerprint density at radius 1 is 1.47 bits per heavy atom. The lowest BCUT2D eigenvalue weighted by atomic mass is 10.1. The molecule has 0 saturated carbocycles. The van der Waals surface area contributed by atoms with E-state index in [0.29, 0.717) is 19.6 Å². The van der Waals surface area contributed by atoms with Gasteiger partial charge in [-0.1, -0.05) is 13.3 Å². The van der Waals surface area contributed by atoms with Gasteiger partial charge in [-0.25, -0.2) is 0 Å². The van der Waals surface area contributed by atoms with Crippen molar-refractivity contribution in [1.29, 1.82) is 0 Å². The largest absolute Gasteiger partial charge is 0.377 e. The van der Waals surface area contributed by atoms with Crippen molar-refractivity contribution in [3.05, 3.63) is 0 Å². The molecule has 0 aliphatic carbocycles. The molecule has 1 aliphatic heterocycles. The van der Waals surface area contributed by atoms with E-state index < -0.39 is 0 Å². The van der Waals surface area contributed by atoms with Gasteiger partial charge in [-0.2, -0.15) is 0 Å². The van der Waals surface area contributed by atoms with Crippen LogP contribution in [-0.4, -0.2) is 48.6 Å². The number of ether oxygens (including phenoxy) is 1. The Hall–Kier alpha value is -1.10. The quantitative estimate of drug-likeness (QED) is 0.739. The van der Waals surface area contributed by atoms with E-state index in [1.807, 2.05) is 20.8 Å². The molecular weight excluding hydrogens is 220 g/mol. The predicted octanol–water partition coefficient (Wildman–Crippen LogP) is 0.538. The summed E-state index contributed by atoms with van der Waals surface area (Å²) in [5, 5.41) is 2.73. The van der Waals surface area contributed by atoms with Gasteiger partial charge in [-0.15, -0.1) is 0 Å². The van der Waals surface area contributed by atoms with Gasteiger partial charge >= 0.3 is 0 Å². The van der Waals surface area contributed by atoms with Gasteiger partial charge in [0.2, 0.25) is 11.8 Å². The first-order chi connectivity index (χ1) is 8.04. The second-order valence-corrected chi connectivity index (χ2v) is 4.59. The van der Waals surface area contributed by atoms with E-state index in [0.717, 1.165) is 6.42 Å². The fourth-order valence-corrected chi connectivity index (χ4v) is 1.85. The second kappa shape index (κ2) is 6.59. The number of nitrogens with one attached hydrogen (secondary N) is 1. The summed E-state index contributed by atoms with van der Waals surface area (Å²) in [6.07, 6.45) is 1.73. The molecular formula is C12H22N2O3.